The number of fused-ring (bicyclic) bond motifs is 1. The molecule has 4 heteroatoms. The second-order valence-electron chi connectivity index (χ2n) is 4.45. The van der Waals surface area contributed by atoms with Gasteiger partial charge in [0, 0.05) is 43.4 Å². The highest BCUT2D eigenvalue weighted by molar-refractivity contribution is 5.88. The lowest BCUT2D eigenvalue weighted by Gasteiger charge is -2.29. The molecule has 1 aliphatic heterocycles. The summed E-state index contributed by atoms with van der Waals surface area (Å²) in [4.78, 5) is 6.76. The van der Waals surface area contributed by atoms with E-state index in [9.17, 15) is 0 Å². The van der Waals surface area contributed by atoms with Gasteiger partial charge in [-0.05, 0) is 24.3 Å². The van der Waals surface area contributed by atoms with E-state index in [0.717, 1.165) is 42.8 Å². The smallest absolute Gasteiger partial charge is 0.129 e. The summed E-state index contributed by atoms with van der Waals surface area (Å²) >= 11 is 0. The third kappa shape index (κ3) is 1.99. The fourth-order valence-corrected chi connectivity index (χ4v) is 2.41. The van der Waals surface area contributed by atoms with E-state index in [1.165, 1.54) is 5.69 Å². The number of methoxy groups -OCH3 is 1. The number of aromatic nitrogens is 1. The number of hydrogen-bond acceptors (Lipinski definition) is 4. The molecule has 3 rings (SSSR count). The van der Waals surface area contributed by atoms with Gasteiger partial charge < -0.3 is 15.0 Å². The molecule has 0 saturated carbocycles. The monoisotopic (exact) mass is 243 g/mol. The van der Waals surface area contributed by atoms with Crippen molar-refractivity contribution in [2.24, 2.45) is 0 Å². The lowest BCUT2D eigenvalue weighted by atomic mass is 10.1. The lowest BCUT2D eigenvalue weighted by Crippen LogP contribution is -2.43. The van der Waals surface area contributed by atoms with Gasteiger partial charge in [0.05, 0.1) is 12.6 Å². The van der Waals surface area contributed by atoms with Crippen LogP contribution in [0.15, 0.2) is 30.5 Å². The topological polar surface area (TPSA) is 37.4 Å². The second-order valence-corrected chi connectivity index (χ2v) is 4.45. The Morgan fingerprint density at radius 2 is 2.06 bits per heavy atom. The molecule has 0 radical (unpaired) electrons. The van der Waals surface area contributed by atoms with Crippen LogP contribution in [0.5, 0.6) is 5.75 Å². The first-order chi connectivity index (χ1) is 8.88. The van der Waals surface area contributed by atoms with E-state index in [0.29, 0.717) is 0 Å². The Morgan fingerprint density at radius 1 is 1.22 bits per heavy atom. The first-order valence-electron chi connectivity index (χ1n) is 6.27. The summed E-state index contributed by atoms with van der Waals surface area (Å²) in [5, 5.41) is 4.45. The average molecular weight is 243 g/mol. The molecule has 94 valence electrons. The zero-order chi connectivity index (χ0) is 12.4. The van der Waals surface area contributed by atoms with Gasteiger partial charge in [-0.25, -0.2) is 0 Å². The molecule has 2 heterocycles. The number of hydrogen-bond donors (Lipinski definition) is 1. The Morgan fingerprint density at radius 3 is 2.83 bits per heavy atom. The van der Waals surface area contributed by atoms with Crippen molar-refractivity contribution in [3.8, 4) is 5.75 Å². The Bertz CT molecular complexity index is 550. The molecular formula is C14H17N3O. The summed E-state index contributed by atoms with van der Waals surface area (Å²) < 4.78 is 5.40. The summed E-state index contributed by atoms with van der Waals surface area (Å²) in [6, 6.07) is 8.28. The summed E-state index contributed by atoms with van der Waals surface area (Å²) in [7, 11) is 1.70. The zero-order valence-corrected chi connectivity index (χ0v) is 10.5. The van der Waals surface area contributed by atoms with E-state index in [-0.39, 0.29) is 0 Å². The quantitative estimate of drug-likeness (QED) is 0.870. The molecule has 1 aromatic heterocycles. The molecule has 0 bridgehead atoms. The van der Waals surface area contributed by atoms with Gasteiger partial charge in [0.1, 0.15) is 5.75 Å². The van der Waals surface area contributed by atoms with Crippen molar-refractivity contribution in [3.05, 3.63) is 30.5 Å². The maximum atomic E-state index is 5.40. The number of nitrogens with zero attached hydrogens (tertiary/aromatic N) is 2. The van der Waals surface area contributed by atoms with Gasteiger partial charge >= 0.3 is 0 Å². The highest BCUT2D eigenvalue weighted by atomic mass is 16.5. The Hall–Kier alpha value is -1.81. The standard InChI is InChI=1S/C14H17N3O/c1-18-14-4-5-16-13-3-2-11(10-12(13)14)17-8-6-15-7-9-17/h2-5,10,15H,6-9H2,1H3. The van der Waals surface area contributed by atoms with E-state index in [2.05, 4.69) is 33.4 Å². The minimum Gasteiger partial charge on any atom is -0.496 e. The fraction of sp³-hybridized carbons (Fsp3) is 0.357. The van der Waals surface area contributed by atoms with E-state index < -0.39 is 0 Å². The zero-order valence-electron chi connectivity index (χ0n) is 10.5. The summed E-state index contributed by atoms with van der Waals surface area (Å²) in [5.41, 5.74) is 2.23. The van der Waals surface area contributed by atoms with Crippen molar-refractivity contribution in [3.63, 3.8) is 0 Å². The predicted octanol–water partition coefficient (Wildman–Crippen LogP) is 1.65. The SMILES string of the molecule is COc1ccnc2ccc(N3CCNCC3)cc12. The Kier molecular flexibility index (Phi) is 3.02. The third-order valence-corrected chi connectivity index (χ3v) is 3.39. The molecule has 0 atom stereocenters. The van der Waals surface area contributed by atoms with Crippen LogP contribution in [-0.2, 0) is 0 Å². The first-order valence-corrected chi connectivity index (χ1v) is 6.27. The van der Waals surface area contributed by atoms with Crippen molar-refractivity contribution < 1.29 is 4.74 Å². The van der Waals surface area contributed by atoms with Crippen LogP contribution >= 0.6 is 0 Å². The van der Waals surface area contributed by atoms with Gasteiger partial charge in [0.25, 0.3) is 0 Å². The van der Waals surface area contributed by atoms with Crippen LogP contribution in [0.4, 0.5) is 5.69 Å². The van der Waals surface area contributed by atoms with Gasteiger partial charge in [-0.3, -0.25) is 4.98 Å². The van der Waals surface area contributed by atoms with Crippen LogP contribution in [-0.4, -0.2) is 38.3 Å². The number of piperazine rings is 1. The minimum atomic E-state index is 0.886. The lowest BCUT2D eigenvalue weighted by molar-refractivity contribution is 0.419. The molecular weight excluding hydrogens is 226 g/mol. The molecule has 1 fully saturated rings. The second kappa shape index (κ2) is 4.82. The highest BCUT2D eigenvalue weighted by Crippen LogP contribution is 2.28. The summed E-state index contributed by atoms with van der Waals surface area (Å²) in [6.07, 6.45) is 1.78. The largest absolute Gasteiger partial charge is 0.496 e. The van der Waals surface area contributed by atoms with Crippen LogP contribution in [0.1, 0.15) is 0 Å². The molecule has 1 saturated heterocycles. The Balaban J connectivity index is 2.03. The van der Waals surface area contributed by atoms with Crippen molar-refractivity contribution in [1.29, 1.82) is 0 Å². The minimum absolute atomic E-state index is 0.886. The predicted molar refractivity (Wildman–Crippen MR) is 73.4 cm³/mol. The van der Waals surface area contributed by atoms with Gasteiger partial charge in [-0.1, -0.05) is 0 Å². The van der Waals surface area contributed by atoms with Gasteiger partial charge in [0.15, 0.2) is 0 Å². The molecule has 0 spiro atoms. The maximum absolute atomic E-state index is 5.40. The van der Waals surface area contributed by atoms with Crippen molar-refractivity contribution >= 4 is 16.6 Å². The van der Waals surface area contributed by atoms with Crippen molar-refractivity contribution in [2.45, 2.75) is 0 Å². The van der Waals surface area contributed by atoms with E-state index in [4.69, 9.17) is 4.74 Å². The molecule has 1 N–H and O–H groups in total. The fourth-order valence-electron chi connectivity index (χ4n) is 2.41. The van der Waals surface area contributed by atoms with Crippen LogP contribution in [0.3, 0.4) is 0 Å². The van der Waals surface area contributed by atoms with Gasteiger partial charge in [-0.15, -0.1) is 0 Å². The van der Waals surface area contributed by atoms with Crippen LogP contribution in [0.2, 0.25) is 0 Å². The highest BCUT2D eigenvalue weighted by Gasteiger charge is 2.12. The summed E-state index contributed by atoms with van der Waals surface area (Å²) in [6.45, 7) is 4.19. The molecule has 1 aliphatic rings. The third-order valence-electron chi connectivity index (χ3n) is 3.39. The van der Waals surface area contributed by atoms with Crippen LogP contribution in [0, 0.1) is 0 Å². The molecule has 0 unspecified atom stereocenters. The number of benzene rings is 1. The van der Waals surface area contributed by atoms with E-state index >= 15 is 0 Å². The number of nitrogens with one attached hydrogen (secondary N) is 1. The molecule has 4 nitrogen and oxygen atoms in total. The molecule has 1 aromatic carbocycles. The van der Waals surface area contributed by atoms with Gasteiger partial charge in [0.2, 0.25) is 0 Å². The molecule has 18 heavy (non-hydrogen) atoms. The normalized spacial score (nSPS) is 15.9. The molecule has 0 amide bonds. The van der Waals surface area contributed by atoms with Gasteiger partial charge in [-0.2, -0.15) is 0 Å². The van der Waals surface area contributed by atoms with Crippen LogP contribution in [0.25, 0.3) is 10.9 Å². The van der Waals surface area contributed by atoms with E-state index in [1.807, 2.05) is 6.07 Å². The average Bonchev–Trinajstić information content (AvgIpc) is 2.47. The maximum Gasteiger partial charge on any atom is 0.129 e. The molecule has 2 aromatic rings. The number of pyridine rings is 1. The van der Waals surface area contributed by atoms with E-state index in [1.54, 1.807) is 13.3 Å². The number of anilines is 1. The number of ether oxygens (including phenoxy) is 1. The van der Waals surface area contributed by atoms with Crippen molar-refractivity contribution in [2.75, 3.05) is 38.2 Å². The summed E-state index contributed by atoms with van der Waals surface area (Å²) in [5.74, 6) is 0.886. The molecule has 0 aliphatic carbocycles. The Labute approximate surface area is 107 Å². The van der Waals surface area contributed by atoms with Crippen molar-refractivity contribution in [1.82, 2.24) is 10.3 Å². The first kappa shape index (κ1) is 11.3. The number of rotatable bonds is 2. The van der Waals surface area contributed by atoms with Crippen LogP contribution < -0.4 is 15.0 Å².